The zero-order valence-electron chi connectivity index (χ0n) is 9.88. The first kappa shape index (κ1) is 13.1. The van der Waals surface area contributed by atoms with Crippen molar-refractivity contribution in [3.8, 4) is 17.9 Å². The molecule has 94 valence electrons. The molecule has 0 saturated heterocycles. The highest BCUT2D eigenvalue weighted by Gasteiger charge is 2.09. The molecule has 0 radical (unpaired) electrons. The maximum atomic E-state index is 8.96. The summed E-state index contributed by atoms with van der Waals surface area (Å²) in [7, 11) is 0. The van der Waals surface area contributed by atoms with Crippen LogP contribution < -0.4 is 4.74 Å². The van der Waals surface area contributed by atoms with Gasteiger partial charge in [0, 0.05) is 4.47 Å². The Morgan fingerprint density at radius 2 is 2.16 bits per heavy atom. The first-order chi connectivity index (χ1) is 9.24. The minimum atomic E-state index is 0.143. The lowest BCUT2D eigenvalue weighted by atomic mass is 10.3. The van der Waals surface area contributed by atoms with E-state index >= 15 is 0 Å². The fourth-order valence-electron chi connectivity index (χ4n) is 1.57. The van der Waals surface area contributed by atoms with Crippen molar-refractivity contribution in [1.29, 1.82) is 10.5 Å². The van der Waals surface area contributed by atoms with Crippen LogP contribution in [0.1, 0.15) is 11.4 Å². The molecule has 0 fully saturated rings. The molecule has 0 bridgehead atoms. The summed E-state index contributed by atoms with van der Waals surface area (Å²) in [6.07, 6.45) is 1.47. The average Bonchev–Trinajstić information content (AvgIpc) is 2.81. The first-order valence-corrected chi connectivity index (χ1v) is 6.27. The quantitative estimate of drug-likeness (QED) is 0.868. The van der Waals surface area contributed by atoms with Gasteiger partial charge in [0.25, 0.3) is 0 Å². The Morgan fingerprint density at radius 1 is 1.32 bits per heavy atom. The summed E-state index contributed by atoms with van der Waals surface area (Å²) in [4.78, 5) is 3.86. The van der Waals surface area contributed by atoms with Crippen molar-refractivity contribution in [3.63, 3.8) is 0 Å². The summed E-state index contributed by atoms with van der Waals surface area (Å²) in [6, 6.07) is 11.4. The van der Waals surface area contributed by atoms with Crippen molar-refractivity contribution in [3.05, 3.63) is 46.5 Å². The number of nitriles is 2. The highest BCUT2D eigenvalue weighted by molar-refractivity contribution is 9.10. The van der Waals surface area contributed by atoms with E-state index < -0.39 is 0 Å². The summed E-state index contributed by atoms with van der Waals surface area (Å²) in [5, 5.41) is 17.7. The van der Waals surface area contributed by atoms with Crippen LogP contribution in [0.4, 0.5) is 0 Å². The van der Waals surface area contributed by atoms with Gasteiger partial charge < -0.3 is 9.30 Å². The predicted molar refractivity (Wildman–Crippen MR) is 71.3 cm³/mol. The average molecular weight is 317 g/mol. The summed E-state index contributed by atoms with van der Waals surface area (Å²) < 4.78 is 8.11. The lowest BCUT2D eigenvalue weighted by Gasteiger charge is -2.07. The van der Waals surface area contributed by atoms with Crippen LogP contribution in [-0.4, -0.2) is 16.2 Å². The second-order valence-electron chi connectivity index (χ2n) is 3.66. The molecular formula is C13H9BrN4O. The number of nitrogens with zero attached hydrogens (tertiary/aromatic N) is 4. The number of halogens is 1. The highest BCUT2D eigenvalue weighted by Crippen LogP contribution is 2.17. The van der Waals surface area contributed by atoms with E-state index in [-0.39, 0.29) is 11.4 Å². The largest absolute Gasteiger partial charge is 0.492 e. The van der Waals surface area contributed by atoms with Crippen molar-refractivity contribution < 1.29 is 4.74 Å². The molecule has 0 aliphatic rings. The smallest absolute Gasteiger partial charge is 0.176 e. The first-order valence-electron chi connectivity index (χ1n) is 5.48. The van der Waals surface area contributed by atoms with E-state index in [2.05, 4.69) is 20.9 Å². The Kier molecular flexibility index (Phi) is 4.17. The van der Waals surface area contributed by atoms with Gasteiger partial charge in [-0.25, -0.2) is 4.98 Å². The molecule has 19 heavy (non-hydrogen) atoms. The normalized spacial score (nSPS) is 9.63. The zero-order valence-corrected chi connectivity index (χ0v) is 11.5. The van der Waals surface area contributed by atoms with Crippen molar-refractivity contribution in [2.45, 2.75) is 6.54 Å². The van der Waals surface area contributed by atoms with E-state index in [9.17, 15) is 0 Å². The third-order valence-corrected chi connectivity index (χ3v) is 2.94. The number of hydrogen-bond donors (Lipinski definition) is 0. The number of benzene rings is 1. The molecule has 2 aromatic rings. The van der Waals surface area contributed by atoms with E-state index in [1.807, 2.05) is 36.4 Å². The molecule has 0 amide bonds. The predicted octanol–water partition coefficient (Wildman–Crippen LogP) is 2.47. The van der Waals surface area contributed by atoms with Crippen molar-refractivity contribution in [1.82, 2.24) is 9.55 Å². The number of rotatable bonds is 4. The van der Waals surface area contributed by atoms with Crippen LogP contribution in [0.25, 0.3) is 0 Å². The number of hydrogen-bond acceptors (Lipinski definition) is 4. The van der Waals surface area contributed by atoms with E-state index in [1.165, 1.54) is 6.33 Å². The third-order valence-electron chi connectivity index (χ3n) is 2.45. The standard InChI is InChI=1S/C13H9BrN4O/c14-10-2-1-3-11(6-10)19-5-4-18-9-17-12(7-15)13(18)8-16/h1-3,6,9H,4-5H2. The van der Waals surface area contributed by atoms with Gasteiger partial charge in [0.1, 0.15) is 24.5 Å². The van der Waals surface area contributed by atoms with E-state index in [0.717, 1.165) is 10.2 Å². The molecule has 2 rings (SSSR count). The molecule has 1 aromatic heterocycles. The highest BCUT2D eigenvalue weighted by atomic mass is 79.9. The fraction of sp³-hybridized carbons (Fsp3) is 0.154. The monoisotopic (exact) mass is 316 g/mol. The molecule has 1 aromatic carbocycles. The Morgan fingerprint density at radius 3 is 2.84 bits per heavy atom. The summed E-state index contributed by atoms with van der Waals surface area (Å²) in [5.74, 6) is 0.744. The van der Waals surface area contributed by atoms with Gasteiger partial charge in [0.05, 0.1) is 12.9 Å². The number of aromatic nitrogens is 2. The fourth-order valence-corrected chi connectivity index (χ4v) is 1.95. The Balaban J connectivity index is 1.99. The van der Waals surface area contributed by atoms with Crippen LogP contribution in [-0.2, 0) is 6.54 Å². The second kappa shape index (κ2) is 6.03. The van der Waals surface area contributed by atoms with Gasteiger partial charge in [0.15, 0.2) is 11.4 Å². The molecule has 0 atom stereocenters. The van der Waals surface area contributed by atoms with Crippen molar-refractivity contribution in [2.75, 3.05) is 6.61 Å². The number of ether oxygens (including phenoxy) is 1. The van der Waals surface area contributed by atoms with Gasteiger partial charge in [-0.1, -0.05) is 22.0 Å². The molecule has 0 saturated carbocycles. The second-order valence-corrected chi connectivity index (χ2v) is 4.58. The maximum Gasteiger partial charge on any atom is 0.176 e. The Labute approximate surface area is 118 Å². The van der Waals surface area contributed by atoms with Crippen LogP contribution in [0.5, 0.6) is 5.75 Å². The Bertz CT molecular complexity index is 666. The lowest BCUT2D eigenvalue weighted by Crippen LogP contribution is -2.09. The Hall–Kier alpha value is -2.31. The van der Waals surface area contributed by atoms with Crippen molar-refractivity contribution in [2.24, 2.45) is 0 Å². The number of imidazole rings is 1. The summed E-state index contributed by atoms with van der Waals surface area (Å²) in [6.45, 7) is 0.858. The minimum absolute atomic E-state index is 0.143. The van der Waals surface area contributed by atoms with E-state index in [1.54, 1.807) is 4.57 Å². The molecule has 1 heterocycles. The van der Waals surface area contributed by atoms with Gasteiger partial charge >= 0.3 is 0 Å². The van der Waals surface area contributed by atoms with Crippen LogP contribution in [0.2, 0.25) is 0 Å². The molecule has 0 aliphatic heterocycles. The SMILES string of the molecule is N#Cc1ncn(CCOc2cccc(Br)c2)c1C#N. The van der Waals surface area contributed by atoms with Crippen molar-refractivity contribution >= 4 is 15.9 Å². The zero-order chi connectivity index (χ0) is 13.7. The van der Waals surface area contributed by atoms with Crippen LogP contribution >= 0.6 is 15.9 Å². The van der Waals surface area contributed by atoms with E-state index in [0.29, 0.717) is 13.2 Å². The van der Waals surface area contributed by atoms with Crippen LogP contribution in [0.3, 0.4) is 0 Å². The van der Waals surface area contributed by atoms with Gasteiger partial charge in [-0.15, -0.1) is 0 Å². The van der Waals surface area contributed by atoms with Crippen LogP contribution in [0.15, 0.2) is 35.1 Å². The minimum Gasteiger partial charge on any atom is -0.492 e. The van der Waals surface area contributed by atoms with Gasteiger partial charge in [-0.3, -0.25) is 0 Å². The summed E-state index contributed by atoms with van der Waals surface area (Å²) in [5.41, 5.74) is 0.408. The molecular weight excluding hydrogens is 308 g/mol. The van der Waals surface area contributed by atoms with Gasteiger partial charge in [-0.05, 0) is 18.2 Å². The maximum absolute atomic E-state index is 8.96. The topological polar surface area (TPSA) is 74.6 Å². The molecule has 6 heteroatoms. The molecule has 0 aliphatic carbocycles. The molecule has 5 nitrogen and oxygen atoms in total. The van der Waals surface area contributed by atoms with Gasteiger partial charge in [-0.2, -0.15) is 10.5 Å². The lowest BCUT2D eigenvalue weighted by molar-refractivity contribution is 0.297. The van der Waals surface area contributed by atoms with E-state index in [4.69, 9.17) is 15.3 Å². The molecule has 0 unspecified atom stereocenters. The van der Waals surface area contributed by atoms with Crippen LogP contribution in [0, 0.1) is 22.7 Å². The third kappa shape index (κ3) is 3.12. The summed E-state index contributed by atoms with van der Waals surface area (Å²) >= 11 is 3.36. The molecule has 0 N–H and O–H groups in total. The van der Waals surface area contributed by atoms with Gasteiger partial charge in [0.2, 0.25) is 0 Å². The molecule has 0 spiro atoms.